The van der Waals surface area contributed by atoms with Gasteiger partial charge in [-0.05, 0) is 17.5 Å². The number of anilines is 1. The van der Waals surface area contributed by atoms with Crippen LogP contribution in [-0.2, 0) is 4.79 Å². The molecule has 19 heavy (non-hydrogen) atoms. The van der Waals surface area contributed by atoms with Gasteiger partial charge in [0.15, 0.2) is 0 Å². The zero-order chi connectivity index (χ0) is 14.0. The van der Waals surface area contributed by atoms with Crippen molar-refractivity contribution in [3.63, 3.8) is 0 Å². The molecule has 1 atom stereocenters. The van der Waals surface area contributed by atoms with Gasteiger partial charge in [-0.2, -0.15) is 0 Å². The zero-order valence-corrected chi connectivity index (χ0v) is 11.1. The number of nitrogens with zero attached hydrogens (tertiary/aromatic N) is 1. The Morgan fingerprint density at radius 2 is 2.11 bits per heavy atom. The summed E-state index contributed by atoms with van der Waals surface area (Å²) in [6.07, 6.45) is 0. The molecule has 1 aromatic rings. The molecule has 0 aliphatic carbocycles. The highest BCUT2D eigenvalue weighted by atomic mass is 16.4. The molecule has 1 heterocycles. The number of carbonyl (C=O) groups is 2. The summed E-state index contributed by atoms with van der Waals surface area (Å²) in [6, 6.07) is 6.93. The molecular weight excluding hydrogens is 244 g/mol. The molecule has 0 fully saturated rings. The number of urea groups is 1. The summed E-state index contributed by atoms with van der Waals surface area (Å²) >= 11 is 0. The van der Waals surface area contributed by atoms with Crippen LogP contribution < -0.4 is 10.2 Å². The summed E-state index contributed by atoms with van der Waals surface area (Å²) in [6.45, 7) is 4.80. The lowest BCUT2D eigenvalue weighted by Gasteiger charge is -2.19. The number of carboxylic acid groups (broad SMARTS) is 1. The second kappa shape index (κ2) is 5.30. The summed E-state index contributed by atoms with van der Waals surface area (Å²) in [5, 5.41) is 12.0. The fraction of sp³-hybridized carbons (Fsp3) is 0.429. The first kappa shape index (κ1) is 13.4. The van der Waals surface area contributed by atoms with Crippen LogP contribution in [0.4, 0.5) is 10.5 Å². The number of amides is 2. The minimum absolute atomic E-state index is 0.193. The van der Waals surface area contributed by atoms with Gasteiger partial charge in [0.2, 0.25) is 0 Å². The van der Waals surface area contributed by atoms with E-state index in [1.807, 2.05) is 19.9 Å². The van der Waals surface area contributed by atoms with E-state index in [0.29, 0.717) is 23.7 Å². The van der Waals surface area contributed by atoms with E-state index < -0.39 is 11.9 Å². The highest BCUT2D eigenvalue weighted by molar-refractivity contribution is 5.98. The Kier molecular flexibility index (Phi) is 3.74. The number of rotatable bonds is 3. The van der Waals surface area contributed by atoms with Crippen molar-refractivity contribution in [2.45, 2.75) is 19.8 Å². The SMILES string of the molecule is CC(C)CNC(=O)N1CC(C(=O)O)c2ccccc21. The topological polar surface area (TPSA) is 69.6 Å². The van der Waals surface area contributed by atoms with Gasteiger partial charge in [0.25, 0.3) is 0 Å². The van der Waals surface area contributed by atoms with Crippen LogP contribution in [0.1, 0.15) is 25.3 Å². The van der Waals surface area contributed by atoms with Crippen molar-refractivity contribution in [3.8, 4) is 0 Å². The molecule has 5 heteroatoms. The van der Waals surface area contributed by atoms with Crippen LogP contribution in [0.2, 0.25) is 0 Å². The second-order valence-electron chi connectivity index (χ2n) is 5.14. The van der Waals surface area contributed by atoms with E-state index in [0.717, 1.165) is 0 Å². The van der Waals surface area contributed by atoms with E-state index in [2.05, 4.69) is 5.32 Å². The van der Waals surface area contributed by atoms with Crippen LogP contribution in [0.3, 0.4) is 0 Å². The number of benzene rings is 1. The van der Waals surface area contributed by atoms with Crippen molar-refractivity contribution in [2.24, 2.45) is 5.92 Å². The average molecular weight is 262 g/mol. The smallest absolute Gasteiger partial charge is 0.321 e. The molecule has 1 aliphatic rings. The molecule has 0 aromatic heterocycles. The molecule has 2 amide bonds. The van der Waals surface area contributed by atoms with Gasteiger partial charge in [0.05, 0.1) is 0 Å². The van der Waals surface area contributed by atoms with Crippen LogP contribution in [0, 0.1) is 5.92 Å². The molecule has 102 valence electrons. The van der Waals surface area contributed by atoms with Gasteiger partial charge in [-0.15, -0.1) is 0 Å². The largest absolute Gasteiger partial charge is 0.481 e. The quantitative estimate of drug-likeness (QED) is 0.875. The summed E-state index contributed by atoms with van der Waals surface area (Å²) in [4.78, 5) is 24.9. The lowest BCUT2D eigenvalue weighted by atomic mass is 10.0. The Bertz CT molecular complexity index is 499. The third-order valence-corrected chi connectivity index (χ3v) is 3.17. The van der Waals surface area contributed by atoms with Crippen LogP contribution in [0.25, 0.3) is 0 Å². The van der Waals surface area contributed by atoms with Gasteiger partial charge >= 0.3 is 12.0 Å². The average Bonchev–Trinajstić information content (AvgIpc) is 2.75. The van der Waals surface area contributed by atoms with Gasteiger partial charge in [0, 0.05) is 18.8 Å². The molecule has 0 saturated carbocycles. The van der Waals surface area contributed by atoms with Crippen molar-refractivity contribution >= 4 is 17.7 Å². The molecule has 1 unspecified atom stereocenters. The van der Waals surface area contributed by atoms with Crippen molar-refractivity contribution in [2.75, 3.05) is 18.0 Å². The van der Waals surface area contributed by atoms with E-state index in [4.69, 9.17) is 0 Å². The first-order valence-electron chi connectivity index (χ1n) is 6.37. The Morgan fingerprint density at radius 3 is 2.74 bits per heavy atom. The van der Waals surface area contributed by atoms with Crippen molar-refractivity contribution in [1.82, 2.24) is 5.32 Å². The number of carbonyl (C=O) groups excluding carboxylic acids is 1. The monoisotopic (exact) mass is 262 g/mol. The standard InChI is InChI=1S/C14H18N2O3/c1-9(2)7-15-14(19)16-8-11(13(17)18)10-5-3-4-6-12(10)16/h3-6,9,11H,7-8H2,1-2H3,(H,15,19)(H,17,18). The Hall–Kier alpha value is -2.04. The highest BCUT2D eigenvalue weighted by Gasteiger charge is 2.36. The van der Waals surface area contributed by atoms with Gasteiger partial charge in [-0.1, -0.05) is 32.0 Å². The van der Waals surface area contributed by atoms with Crippen LogP contribution in [0.5, 0.6) is 0 Å². The van der Waals surface area contributed by atoms with Gasteiger partial charge in [-0.25, -0.2) is 4.79 Å². The minimum atomic E-state index is -0.897. The number of hydrogen-bond acceptors (Lipinski definition) is 2. The molecule has 2 rings (SSSR count). The first-order chi connectivity index (χ1) is 9.00. The normalized spacial score (nSPS) is 17.4. The molecule has 0 spiro atoms. The van der Waals surface area contributed by atoms with Crippen LogP contribution in [0.15, 0.2) is 24.3 Å². The zero-order valence-electron chi connectivity index (χ0n) is 11.1. The summed E-state index contributed by atoms with van der Waals surface area (Å²) in [5.74, 6) is -1.18. The van der Waals surface area contributed by atoms with E-state index >= 15 is 0 Å². The predicted octanol–water partition coefficient (Wildman–Crippen LogP) is 2.04. The molecule has 1 aromatic carbocycles. The number of aliphatic carboxylic acids is 1. The van der Waals surface area contributed by atoms with Crippen LogP contribution >= 0.6 is 0 Å². The molecule has 0 bridgehead atoms. The second-order valence-corrected chi connectivity index (χ2v) is 5.14. The van der Waals surface area contributed by atoms with Gasteiger partial charge in [-0.3, -0.25) is 9.69 Å². The minimum Gasteiger partial charge on any atom is -0.481 e. The number of fused-ring (bicyclic) bond motifs is 1. The fourth-order valence-electron chi connectivity index (χ4n) is 2.20. The number of carboxylic acids is 1. The molecule has 0 saturated heterocycles. The van der Waals surface area contributed by atoms with E-state index in [-0.39, 0.29) is 12.6 Å². The number of para-hydroxylation sites is 1. The summed E-state index contributed by atoms with van der Waals surface area (Å²) < 4.78 is 0. The summed E-state index contributed by atoms with van der Waals surface area (Å²) in [5.41, 5.74) is 1.39. The van der Waals surface area contributed by atoms with Crippen molar-refractivity contribution in [1.29, 1.82) is 0 Å². The number of nitrogens with one attached hydrogen (secondary N) is 1. The Morgan fingerprint density at radius 1 is 1.42 bits per heavy atom. The van der Waals surface area contributed by atoms with E-state index in [1.165, 1.54) is 4.90 Å². The maximum absolute atomic E-state index is 12.1. The van der Waals surface area contributed by atoms with Gasteiger partial charge in [0.1, 0.15) is 5.92 Å². The first-order valence-corrected chi connectivity index (χ1v) is 6.37. The molecule has 0 radical (unpaired) electrons. The molecule has 2 N–H and O–H groups in total. The maximum Gasteiger partial charge on any atom is 0.321 e. The van der Waals surface area contributed by atoms with Crippen molar-refractivity contribution < 1.29 is 14.7 Å². The number of hydrogen-bond donors (Lipinski definition) is 2. The van der Waals surface area contributed by atoms with E-state index in [9.17, 15) is 14.7 Å². The maximum atomic E-state index is 12.1. The Labute approximate surface area is 112 Å². The lowest BCUT2D eigenvalue weighted by Crippen LogP contribution is -2.41. The third kappa shape index (κ3) is 2.70. The molecule has 5 nitrogen and oxygen atoms in total. The van der Waals surface area contributed by atoms with E-state index in [1.54, 1.807) is 18.2 Å². The van der Waals surface area contributed by atoms with Gasteiger partial charge < -0.3 is 10.4 Å². The summed E-state index contributed by atoms with van der Waals surface area (Å²) in [7, 11) is 0. The third-order valence-electron chi connectivity index (χ3n) is 3.17. The molecule has 1 aliphatic heterocycles. The molecular formula is C14H18N2O3. The Balaban J connectivity index is 2.20. The highest BCUT2D eigenvalue weighted by Crippen LogP contribution is 2.36. The van der Waals surface area contributed by atoms with Crippen LogP contribution in [-0.4, -0.2) is 30.2 Å². The lowest BCUT2D eigenvalue weighted by molar-refractivity contribution is -0.138. The van der Waals surface area contributed by atoms with Crippen molar-refractivity contribution in [3.05, 3.63) is 29.8 Å². The predicted molar refractivity (Wildman–Crippen MR) is 72.4 cm³/mol. The fourth-order valence-corrected chi connectivity index (χ4v) is 2.20.